The lowest BCUT2D eigenvalue weighted by atomic mass is 9.33. The molecule has 2 heterocycles. The highest BCUT2D eigenvalue weighted by molar-refractivity contribution is 7.00. The zero-order chi connectivity index (χ0) is 45.4. The molecule has 9 aromatic rings. The molecule has 0 radical (unpaired) electrons. The molecule has 0 saturated carbocycles. The molecule has 2 aliphatic rings. The van der Waals surface area contributed by atoms with Crippen LogP contribution < -0.4 is 31.1 Å². The van der Waals surface area contributed by atoms with Gasteiger partial charge >= 0.3 is 0 Å². The first-order valence-corrected chi connectivity index (χ1v) is 24.1. The summed E-state index contributed by atoms with van der Waals surface area (Å²) >= 11 is 0. The van der Waals surface area contributed by atoms with Crippen LogP contribution >= 0.6 is 0 Å². The molecule has 0 amide bonds. The van der Waals surface area contributed by atoms with Crippen molar-refractivity contribution in [1.82, 2.24) is 0 Å². The second-order valence-electron chi connectivity index (χ2n) is 19.8. The smallest absolute Gasteiger partial charge is 0.252 e. The summed E-state index contributed by atoms with van der Waals surface area (Å²) in [5.74, 6) is 1.63. The predicted molar refractivity (Wildman–Crippen MR) is 287 cm³/mol. The summed E-state index contributed by atoms with van der Waals surface area (Å²) in [6.07, 6.45) is 0. The van der Waals surface area contributed by atoms with Crippen LogP contribution in [0.2, 0.25) is 0 Å². The Labute approximate surface area is 392 Å². The SMILES string of the molecule is CC(C)c1ccc(N2c3ccc(C(C)C)cc3B3c4cc(C(C)C)ccc4N(c4ccc(C(C)C)cc4)c4cc(N(c5ccc6ccccc6c5)c5ccc6ccccc6c5)cc2c43)cc1. The van der Waals surface area contributed by atoms with Gasteiger partial charge in [-0.15, -0.1) is 0 Å². The van der Waals surface area contributed by atoms with Crippen molar-refractivity contribution < 1.29 is 0 Å². The van der Waals surface area contributed by atoms with Gasteiger partial charge < -0.3 is 14.7 Å². The number of anilines is 9. The van der Waals surface area contributed by atoms with Gasteiger partial charge in [-0.3, -0.25) is 0 Å². The van der Waals surface area contributed by atoms with Gasteiger partial charge in [-0.1, -0.05) is 165 Å². The van der Waals surface area contributed by atoms with E-state index in [-0.39, 0.29) is 6.71 Å². The maximum atomic E-state index is 2.57. The van der Waals surface area contributed by atoms with Crippen LogP contribution in [0.3, 0.4) is 0 Å². The number of hydrogen-bond donors (Lipinski definition) is 0. The van der Waals surface area contributed by atoms with E-state index in [4.69, 9.17) is 0 Å². The minimum absolute atomic E-state index is 0.0126. The van der Waals surface area contributed by atoms with Gasteiger partial charge in [-0.2, -0.15) is 0 Å². The van der Waals surface area contributed by atoms with Crippen molar-refractivity contribution in [3.8, 4) is 0 Å². The summed E-state index contributed by atoms with van der Waals surface area (Å²) in [7, 11) is 0. The highest BCUT2D eigenvalue weighted by Crippen LogP contribution is 2.49. The average molecular weight is 856 g/mol. The molecule has 9 aromatic carbocycles. The van der Waals surface area contributed by atoms with Gasteiger partial charge in [0.1, 0.15) is 0 Å². The molecule has 4 heteroatoms. The summed E-state index contributed by atoms with van der Waals surface area (Å²) in [5.41, 5.74) is 20.0. The summed E-state index contributed by atoms with van der Waals surface area (Å²) in [6, 6.07) is 69.5. The van der Waals surface area contributed by atoms with E-state index in [0.717, 1.165) is 28.4 Å². The van der Waals surface area contributed by atoms with Gasteiger partial charge in [0.05, 0.1) is 5.69 Å². The Hall–Kier alpha value is -7.04. The highest BCUT2D eigenvalue weighted by atomic mass is 15.2. The normalized spacial score (nSPS) is 13.0. The van der Waals surface area contributed by atoms with Crippen molar-refractivity contribution in [2.75, 3.05) is 14.7 Å². The van der Waals surface area contributed by atoms with Crippen LogP contribution in [0.1, 0.15) is 101 Å². The minimum Gasteiger partial charge on any atom is -0.311 e. The first kappa shape index (κ1) is 41.7. The molecule has 2 aliphatic heterocycles. The van der Waals surface area contributed by atoms with Gasteiger partial charge in [-0.25, -0.2) is 0 Å². The van der Waals surface area contributed by atoms with Gasteiger partial charge in [0, 0.05) is 45.5 Å². The second-order valence-corrected chi connectivity index (χ2v) is 19.8. The second kappa shape index (κ2) is 16.4. The lowest BCUT2D eigenvalue weighted by molar-refractivity contribution is 0.866. The molecule has 0 atom stereocenters. The van der Waals surface area contributed by atoms with Gasteiger partial charge in [-0.05, 0) is 157 Å². The molecule has 0 aromatic heterocycles. The molecule has 324 valence electrons. The highest BCUT2D eigenvalue weighted by Gasteiger charge is 2.44. The third-order valence-corrected chi connectivity index (χ3v) is 14.3. The first-order valence-electron chi connectivity index (χ1n) is 24.1. The van der Waals surface area contributed by atoms with Crippen LogP contribution in [-0.4, -0.2) is 6.71 Å². The topological polar surface area (TPSA) is 9.72 Å². The number of nitrogens with zero attached hydrogens (tertiary/aromatic N) is 3. The standard InChI is InChI=1S/C62H58BN3/c1-39(2)43-17-25-51(26-18-43)65-58-31-23-47(41(5)6)35-56(58)63-57-36-48(42(7)8)24-32-59(57)66(52-27-19-44(20-28-52)40(3)4)61-38-55(37-60(65)62(61)63)64(53-29-21-45-13-9-11-15-49(45)33-53)54-30-22-46-14-10-12-16-50(46)34-54/h9-42H,1-8H3. The van der Waals surface area contributed by atoms with Gasteiger partial charge in [0.2, 0.25) is 0 Å². The molecular weight excluding hydrogens is 798 g/mol. The molecule has 3 nitrogen and oxygen atoms in total. The summed E-state index contributed by atoms with van der Waals surface area (Å²) in [4.78, 5) is 7.62. The number of benzene rings is 9. The van der Waals surface area contributed by atoms with Crippen molar-refractivity contribution in [2.45, 2.75) is 79.1 Å². The van der Waals surface area contributed by atoms with Crippen molar-refractivity contribution in [3.05, 3.63) is 204 Å². The van der Waals surface area contributed by atoms with Crippen LogP contribution in [0, 0.1) is 0 Å². The van der Waals surface area contributed by atoms with Gasteiger partial charge in [0.25, 0.3) is 6.71 Å². The molecular formula is C62H58BN3. The van der Waals surface area contributed by atoms with Crippen molar-refractivity contribution in [3.63, 3.8) is 0 Å². The monoisotopic (exact) mass is 855 g/mol. The quantitative estimate of drug-likeness (QED) is 0.134. The Bertz CT molecular complexity index is 3070. The van der Waals surface area contributed by atoms with E-state index in [9.17, 15) is 0 Å². The van der Waals surface area contributed by atoms with Crippen molar-refractivity contribution in [2.24, 2.45) is 0 Å². The minimum atomic E-state index is 0.0126. The lowest BCUT2D eigenvalue weighted by Crippen LogP contribution is -2.61. The maximum absolute atomic E-state index is 2.57. The lowest BCUT2D eigenvalue weighted by Gasteiger charge is -2.45. The van der Waals surface area contributed by atoms with E-state index < -0.39 is 0 Å². The summed E-state index contributed by atoms with van der Waals surface area (Å²) in [5, 5.41) is 4.88. The average Bonchev–Trinajstić information content (AvgIpc) is 3.33. The van der Waals surface area contributed by atoms with E-state index in [1.165, 1.54) is 82.9 Å². The number of fused-ring (bicyclic) bond motifs is 6. The molecule has 66 heavy (non-hydrogen) atoms. The third kappa shape index (κ3) is 7.06. The maximum Gasteiger partial charge on any atom is 0.252 e. The molecule has 0 unspecified atom stereocenters. The van der Waals surface area contributed by atoms with Gasteiger partial charge in [0.15, 0.2) is 0 Å². The first-order chi connectivity index (χ1) is 32.0. The Morgan fingerprint density at radius 2 is 0.712 bits per heavy atom. The molecule has 0 fully saturated rings. The predicted octanol–water partition coefficient (Wildman–Crippen LogP) is 16.0. The van der Waals surface area contributed by atoms with Crippen LogP contribution in [-0.2, 0) is 0 Å². The van der Waals surface area contributed by atoms with Crippen LogP contribution in [0.5, 0.6) is 0 Å². The molecule has 0 aliphatic carbocycles. The summed E-state index contributed by atoms with van der Waals surface area (Å²) < 4.78 is 0. The summed E-state index contributed by atoms with van der Waals surface area (Å²) in [6.45, 7) is 18.4. The van der Waals surface area contributed by atoms with Crippen LogP contribution in [0.15, 0.2) is 182 Å². The molecule has 0 bridgehead atoms. The van der Waals surface area contributed by atoms with Crippen molar-refractivity contribution >= 4 is 95.8 Å². The Morgan fingerprint density at radius 3 is 1.11 bits per heavy atom. The van der Waals surface area contributed by atoms with E-state index in [1.807, 2.05) is 0 Å². The fourth-order valence-electron chi connectivity index (χ4n) is 10.5. The van der Waals surface area contributed by atoms with Crippen molar-refractivity contribution in [1.29, 1.82) is 0 Å². The largest absolute Gasteiger partial charge is 0.311 e. The van der Waals surface area contributed by atoms with E-state index in [1.54, 1.807) is 0 Å². The fourth-order valence-corrected chi connectivity index (χ4v) is 10.5. The number of hydrogen-bond acceptors (Lipinski definition) is 3. The zero-order valence-corrected chi connectivity index (χ0v) is 39.5. The van der Waals surface area contributed by atoms with Crippen LogP contribution in [0.4, 0.5) is 51.2 Å². The molecule has 0 N–H and O–H groups in total. The van der Waals surface area contributed by atoms with E-state index in [2.05, 4.69) is 252 Å². The Kier molecular flexibility index (Phi) is 10.4. The Morgan fingerprint density at radius 1 is 0.333 bits per heavy atom. The third-order valence-electron chi connectivity index (χ3n) is 14.3. The molecule has 11 rings (SSSR count). The zero-order valence-electron chi connectivity index (χ0n) is 39.5. The van der Waals surface area contributed by atoms with Crippen LogP contribution in [0.25, 0.3) is 21.5 Å². The molecule has 0 saturated heterocycles. The van der Waals surface area contributed by atoms with E-state index in [0.29, 0.717) is 23.7 Å². The molecule has 0 spiro atoms. The van der Waals surface area contributed by atoms with E-state index >= 15 is 0 Å². The fraction of sp³-hybridized carbons (Fsp3) is 0.194. The Balaban J connectivity index is 1.26. The number of rotatable bonds is 9.